The van der Waals surface area contributed by atoms with Crippen molar-refractivity contribution in [3.63, 3.8) is 0 Å². The van der Waals surface area contributed by atoms with Crippen LogP contribution < -0.4 is 5.43 Å². The topological polar surface area (TPSA) is 114 Å². The highest BCUT2D eigenvalue weighted by atomic mass is 16.5. The fraction of sp³-hybridized carbons (Fsp3) is 0.125. The van der Waals surface area contributed by atoms with Gasteiger partial charge in [0.1, 0.15) is 11.5 Å². The first kappa shape index (κ1) is 21.7. The number of carbonyl (C=O) groups is 2. The van der Waals surface area contributed by atoms with E-state index in [2.05, 4.69) is 15.0 Å². The SMILES string of the molecule is COC(=O)c1nnn(Cc2ccc(-c3cc(=O)cc(-c4ccccc4)o3)cc2)c1C(=O)OC. The average molecular weight is 445 g/mol. The molecule has 0 aliphatic carbocycles. The van der Waals surface area contributed by atoms with Gasteiger partial charge in [0.05, 0.1) is 20.8 Å². The standard InChI is InChI=1S/C24H19N3O6/c1-31-23(29)21-22(24(30)32-2)27(26-25-21)14-15-8-10-17(11-9-15)20-13-18(28)12-19(33-20)16-6-4-3-5-7-16/h3-13H,14H2,1-2H3. The van der Waals surface area contributed by atoms with E-state index in [-0.39, 0.29) is 23.4 Å². The van der Waals surface area contributed by atoms with Gasteiger partial charge in [0.25, 0.3) is 0 Å². The molecular formula is C24H19N3O6. The number of esters is 2. The van der Waals surface area contributed by atoms with Gasteiger partial charge in [-0.2, -0.15) is 0 Å². The summed E-state index contributed by atoms with van der Waals surface area (Å²) in [5, 5.41) is 7.65. The van der Waals surface area contributed by atoms with Gasteiger partial charge in [0.2, 0.25) is 5.69 Å². The molecule has 0 aliphatic rings. The van der Waals surface area contributed by atoms with Crippen molar-refractivity contribution >= 4 is 11.9 Å². The highest BCUT2D eigenvalue weighted by molar-refractivity contribution is 6.00. The first-order valence-corrected chi connectivity index (χ1v) is 9.90. The smallest absolute Gasteiger partial charge is 0.361 e. The fourth-order valence-electron chi connectivity index (χ4n) is 3.27. The molecule has 0 fully saturated rings. The minimum absolute atomic E-state index is 0.102. The van der Waals surface area contributed by atoms with E-state index >= 15 is 0 Å². The Hall–Kier alpha value is -4.53. The lowest BCUT2D eigenvalue weighted by molar-refractivity contribution is 0.0544. The third-order valence-corrected chi connectivity index (χ3v) is 4.89. The van der Waals surface area contributed by atoms with Gasteiger partial charge in [-0.05, 0) is 5.56 Å². The Balaban J connectivity index is 1.63. The van der Waals surface area contributed by atoms with Crippen LogP contribution in [0.25, 0.3) is 22.6 Å². The summed E-state index contributed by atoms with van der Waals surface area (Å²) in [4.78, 5) is 36.3. The molecule has 0 radical (unpaired) electrons. The summed E-state index contributed by atoms with van der Waals surface area (Å²) in [5.74, 6) is -0.637. The lowest BCUT2D eigenvalue weighted by atomic mass is 10.1. The molecule has 33 heavy (non-hydrogen) atoms. The zero-order valence-corrected chi connectivity index (χ0v) is 17.8. The second-order valence-corrected chi connectivity index (χ2v) is 7.01. The molecule has 0 saturated heterocycles. The van der Waals surface area contributed by atoms with E-state index in [4.69, 9.17) is 9.15 Å². The average Bonchev–Trinajstić information content (AvgIpc) is 3.27. The van der Waals surface area contributed by atoms with Gasteiger partial charge in [0, 0.05) is 23.3 Å². The zero-order chi connectivity index (χ0) is 23.4. The van der Waals surface area contributed by atoms with Gasteiger partial charge in [-0.25, -0.2) is 14.3 Å². The molecule has 4 rings (SSSR count). The number of benzene rings is 2. The second kappa shape index (κ2) is 9.31. The van der Waals surface area contributed by atoms with Crippen molar-refractivity contribution in [1.82, 2.24) is 15.0 Å². The molecule has 0 saturated carbocycles. The Morgan fingerprint density at radius 2 is 1.48 bits per heavy atom. The van der Waals surface area contributed by atoms with Crippen LogP contribution >= 0.6 is 0 Å². The minimum Gasteiger partial charge on any atom is -0.464 e. The van der Waals surface area contributed by atoms with Gasteiger partial charge in [-0.3, -0.25) is 4.79 Å². The van der Waals surface area contributed by atoms with Crippen molar-refractivity contribution in [3.8, 4) is 22.6 Å². The molecule has 166 valence electrons. The van der Waals surface area contributed by atoms with Crippen LogP contribution in [0.15, 0.2) is 75.9 Å². The summed E-state index contributed by atoms with van der Waals surface area (Å²) in [6, 6.07) is 19.4. The lowest BCUT2D eigenvalue weighted by Gasteiger charge is -2.08. The number of ether oxygens (including phenoxy) is 2. The number of methoxy groups -OCH3 is 2. The Labute approximate surface area is 188 Å². The largest absolute Gasteiger partial charge is 0.464 e. The van der Waals surface area contributed by atoms with Crippen molar-refractivity contribution in [2.75, 3.05) is 14.2 Å². The van der Waals surface area contributed by atoms with Crippen molar-refractivity contribution in [2.24, 2.45) is 0 Å². The number of carbonyl (C=O) groups excluding carboxylic acids is 2. The van der Waals surface area contributed by atoms with Crippen molar-refractivity contribution in [2.45, 2.75) is 6.54 Å². The van der Waals surface area contributed by atoms with E-state index in [1.54, 1.807) is 24.3 Å². The zero-order valence-electron chi connectivity index (χ0n) is 17.8. The maximum Gasteiger partial charge on any atom is 0.361 e. The summed E-state index contributed by atoms with van der Waals surface area (Å²) in [5.41, 5.74) is 1.79. The maximum atomic E-state index is 12.2. The van der Waals surface area contributed by atoms with E-state index in [0.29, 0.717) is 17.1 Å². The monoisotopic (exact) mass is 445 g/mol. The van der Waals surface area contributed by atoms with Crippen LogP contribution in [-0.2, 0) is 16.0 Å². The number of nitrogens with zero attached hydrogens (tertiary/aromatic N) is 3. The molecular weight excluding hydrogens is 426 g/mol. The van der Waals surface area contributed by atoms with Gasteiger partial charge in [-0.15, -0.1) is 5.10 Å². The fourth-order valence-corrected chi connectivity index (χ4v) is 3.27. The number of aromatic nitrogens is 3. The van der Waals surface area contributed by atoms with Crippen LogP contribution in [-0.4, -0.2) is 41.2 Å². The van der Waals surface area contributed by atoms with Gasteiger partial charge >= 0.3 is 11.9 Å². The van der Waals surface area contributed by atoms with E-state index in [1.165, 1.54) is 31.0 Å². The van der Waals surface area contributed by atoms with E-state index in [1.807, 2.05) is 30.3 Å². The molecule has 2 aromatic carbocycles. The summed E-state index contributed by atoms with van der Waals surface area (Å²) in [7, 11) is 2.39. The van der Waals surface area contributed by atoms with Crippen LogP contribution in [0.3, 0.4) is 0 Å². The van der Waals surface area contributed by atoms with Crippen molar-refractivity contribution < 1.29 is 23.5 Å². The summed E-state index contributed by atoms with van der Waals surface area (Å²) in [6.07, 6.45) is 0. The minimum atomic E-state index is -0.787. The van der Waals surface area contributed by atoms with E-state index in [0.717, 1.165) is 11.1 Å². The van der Waals surface area contributed by atoms with Crippen LogP contribution in [0.5, 0.6) is 0 Å². The quantitative estimate of drug-likeness (QED) is 0.416. The first-order valence-electron chi connectivity index (χ1n) is 9.90. The Morgan fingerprint density at radius 3 is 2.09 bits per heavy atom. The van der Waals surface area contributed by atoms with Crippen LogP contribution in [0.2, 0.25) is 0 Å². The predicted octanol–water partition coefficient (Wildman–Crippen LogP) is 3.19. The van der Waals surface area contributed by atoms with Gasteiger partial charge < -0.3 is 13.9 Å². The molecule has 0 amide bonds. The molecule has 0 N–H and O–H groups in total. The molecule has 0 bridgehead atoms. The molecule has 4 aromatic rings. The molecule has 9 nitrogen and oxygen atoms in total. The highest BCUT2D eigenvalue weighted by Gasteiger charge is 2.26. The van der Waals surface area contributed by atoms with Crippen molar-refractivity contribution in [1.29, 1.82) is 0 Å². The summed E-state index contributed by atoms with van der Waals surface area (Å²) >= 11 is 0. The van der Waals surface area contributed by atoms with Crippen LogP contribution in [0.1, 0.15) is 26.5 Å². The number of hydrogen-bond donors (Lipinski definition) is 0. The highest BCUT2D eigenvalue weighted by Crippen LogP contribution is 2.25. The van der Waals surface area contributed by atoms with E-state index in [9.17, 15) is 14.4 Å². The molecule has 9 heteroatoms. The molecule has 0 spiro atoms. The third-order valence-electron chi connectivity index (χ3n) is 4.89. The predicted molar refractivity (Wildman–Crippen MR) is 118 cm³/mol. The van der Waals surface area contributed by atoms with Crippen LogP contribution in [0.4, 0.5) is 0 Å². The molecule has 0 aliphatic heterocycles. The molecule has 2 heterocycles. The molecule has 0 unspecified atom stereocenters. The normalized spacial score (nSPS) is 10.6. The van der Waals surface area contributed by atoms with Crippen LogP contribution in [0, 0.1) is 0 Å². The number of rotatable bonds is 6. The van der Waals surface area contributed by atoms with Crippen molar-refractivity contribution in [3.05, 3.63) is 93.9 Å². The molecule has 2 aromatic heterocycles. The third kappa shape index (κ3) is 4.57. The summed E-state index contributed by atoms with van der Waals surface area (Å²) < 4.78 is 16.6. The van der Waals surface area contributed by atoms with E-state index < -0.39 is 11.9 Å². The second-order valence-electron chi connectivity index (χ2n) is 7.01. The molecule has 0 atom stereocenters. The number of hydrogen-bond acceptors (Lipinski definition) is 8. The maximum absolute atomic E-state index is 12.2. The van der Waals surface area contributed by atoms with Gasteiger partial charge in [0.15, 0.2) is 11.1 Å². The summed E-state index contributed by atoms with van der Waals surface area (Å²) in [6.45, 7) is 0.155. The Bertz CT molecular complexity index is 1360. The Morgan fingerprint density at radius 1 is 0.879 bits per heavy atom. The Kier molecular flexibility index (Phi) is 6.12. The first-order chi connectivity index (χ1) is 16.0. The van der Waals surface area contributed by atoms with Gasteiger partial charge in [-0.1, -0.05) is 59.8 Å². The lowest BCUT2D eigenvalue weighted by Crippen LogP contribution is -2.17.